The fourth-order valence-corrected chi connectivity index (χ4v) is 3.12. The highest BCUT2D eigenvalue weighted by molar-refractivity contribution is 6.08. The summed E-state index contributed by atoms with van der Waals surface area (Å²) in [6, 6.07) is 2.81. The van der Waals surface area contributed by atoms with Crippen molar-refractivity contribution < 1.29 is 28.8 Å². The SMILES string of the molecule is O=Cc1nccc(-c2cnc(C=O)c(C=O)c2-c2ccnc(C=O)c2C=O)c1C=O. The Kier molecular flexibility index (Phi) is 5.83. The number of aromatic nitrogens is 3. The summed E-state index contributed by atoms with van der Waals surface area (Å²) in [4.78, 5) is 81.0. The summed E-state index contributed by atoms with van der Waals surface area (Å²) < 4.78 is 0. The van der Waals surface area contributed by atoms with Gasteiger partial charge in [0.15, 0.2) is 37.7 Å². The molecule has 3 aromatic rings. The molecule has 30 heavy (non-hydrogen) atoms. The van der Waals surface area contributed by atoms with Gasteiger partial charge in [-0.15, -0.1) is 0 Å². The van der Waals surface area contributed by atoms with E-state index in [-0.39, 0.29) is 56.0 Å². The summed E-state index contributed by atoms with van der Waals surface area (Å²) in [5, 5.41) is 0. The second kappa shape index (κ2) is 8.65. The molecule has 0 atom stereocenters. The van der Waals surface area contributed by atoms with E-state index in [2.05, 4.69) is 15.0 Å². The van der Waals surface area contributed by atoms with E-state index in [1.807, 2.05) is 0 Å². The van der Waals surface area contributed by atoms with Crippen molar-refractivity contribution in [2.45, 2.75) is 0 Å². The van der Waals surface area contributed by atoms with Crippen LogP contribution in [0.4, 0.5) is 0 Å². The lowest BCUT2D eigenvalue weighted by Gasteiger charge is -2.17. The second-order valence-corrected chi connectivity index (χ2v) is 5.87. The van der Waals surface area contributed by atoms with Crippen LogP contribution in [0.25, 0.3) is 22.3 Å². The largest absolute Gasteiger partial charge is 0.298 e. The molecule has 0 fully saturated rings. The summed E-state index contributed by atoms with van der Waals surface area (Å²) in [6.07, 6.45) is 6.13. The van der Waals surface area contributed by atoms with E-state index < -0.39 is 0 Å². The van der Waals surface area contributed by atoms with Crippen LogP contribution < -0.4 is 0 Å². The van der Waals surface area contributed by atoms with Gasteiger partial charge >= 0.3 is 0 Å². The van der Waals surface area contributed by atoms with Gasteiger partial charge in [-0.05, 0) is 23.3 Å². The molecule has 0 radical (unpaired) electrons. The number of carbonyl (C=O) groups is 6. The van der Waals surface area contributed by atoms with Gasteiger partial charge < -0.3 is 0 Å². The molecular weight excluding hydrogens is 390 g/mol. The number of rotatable bonds is 8. The van der Waals surface area contributed by atoms with E-state index in [0.29, 0.717) is 37.7 Å². The average Bonchev–Trinajstić information content (AvgIpc) is 2.81. The Labute approximate surface area is 168 Å². The van der Waals surface area contributed by atoms with E-state index in [4.69, 9.17) is 0 Å². The summed E-state index contributed by atoms with van der Waals surface area (Å²) in [7, 11) is 0. The first-order valence-electron chi connectivity index (χ1n) is 8.37. The minimum Gasteiger partial charge on any atom is -0.298 e. The monoisotopic (exact) mass is 401 g/mol. The maximum atomic E-state index is 11.9. The smallest absolute Gasteiger partial charge is 0.169 e. The molecule has 0 spiro atoms. The maximum Gasteiger partial charge on any atom is 0.169 e. The zero-order chi connectivity index (χ0) is 21.7. The lowest BCUT2D eigenvalue weighted by molar-refractivity contribution is 0.109. The van der Waals surface area contributed by atoms with Crippen molar-refractivity contribution in [2.24, 2.45) is 0 Å². The topological polar surface area (TPSA) is 141 Å². The van der Waals surface area contributed by atoms with E-state index in [9.17, 15) is 28.8 Å². The summed E-state index contributed by atoms with van der Waals surface area (Å²) in [5.74, 6) is 0. The molecule has 0 bridgehead atoms. The first-order valence-corrected chi connectivity index (χ1v) is 8.37. The van der Waals surface area contributed by atoms with Gasteiger partial charge in [-0.25, -0.2) is 0 Å². The van der Waals surface area contributed by atoms with Crippen molar-refractivity contribution in [2.75, 3.05) is 0 Å². The van der Waals surface area contributed by atoms with Crippen molar-refractivity contribution in [3.8, 4) is 22.3 Å². The van der Waals surface area contributed by atoms with Gasteiger partial charge in [-0.1, -0.05) is 0 Å². The summed E-state index contributed by atoms with van der Waals surface area (Å²) in [5.41, 5.74) is -0.258. The molecule has 0 aliphatic rings. The predicted molar refractivity (Wildman–Crippen MR) is 103 cm³/mol. The molecule has 0 saturated heterocycles. The standard InChI is InChI=1S/C21H11N3O6/c25-6-15-12(1-3-22-18(15)9-28)14-5-24-20(11-30)17(8-27)21(14)13-2-4-23-19(10-29)16(13)7-26/h1-11H. The van der Waals surface area contributed by atoms with Crippen molar-refractivity contribution in [3.05, 3.63) is 64.5 Å². The Bertz CT molecular complexity index is 1220. The van der Waals surface area contributed by atoms with Gasteiger partial charge in [0.05, 0.1) is 16.7 Å². The fraction of sp³-hybridized carbons (Fsp3) is 0. The minimum atomic E-state index is -0.206. The summed E-state index contributed by atoms with van der Waals surface area (Å²) in [6.45, 7) is 0. The number of hydrogen-bond acceptors (Lipinski definition) is 9. The third-order valence-corrected chi connectivity index (χ3v) is 4.44. The Morgan fingerprint density at radius 3 is 1.47 bits per heavy atom. The van der Waals surface area contributed by atoms with Crippen molar-refractivity contribution in [3.63, 3.8) is 0 Å². The normalized spacial score (nSPS) is 10.1. The van der Waals surface area contributed by atoms with Gasteiger partial charge in [-0.3, -0.25) is 43.7 Å². The van der Waals surface area contributed by atoms with Crippen molar-refractivity contribution >= 4 is 37.7 Å². The van der Waals surface area contributed by atoms with E-state index in [1.54, 1.807) is 0 Å². The Hall–Kier alpha value is -4.53. The van der Waals surface area contributed by atoms with Crippen LogP contribution in [0, 0.1) is 0 Å². The molecular formula is C21H11N3O6. The minimum absolute atomic E-state index is 0.0661. The number of pyridine rings is 3. The molecule has 9 nitrogen and oxygen atoms in total. The molecule has 0 amide bonds. The number of nitrogens with zero attached hydrogens (tertiary/aromatic N) is 3. The lowest BCUT2D eigenvalue weighted by Crippen LogP contribution is -2.07. The first-order chi connectivity index (χ1) is 14.6. The van der Waals surface area contributed by atoms with Crippen LogP contribution in [-0.4, -0.2) is 52.7 Å². The van der Waals surface area contributed by atoms with Gasteiger partial charge in [0, 0.05) is 29.7 Å². The lowest BCUT2D eigenvalue weighted by atomic mass is 9.87. The number of hydrogen-bond donors (Lipinski definition) is 0. The predicted octanol–water partition coefficient (Wildman–Crippen LogP) is 2.08. The van der Waals surface area contributed by atoms with Gasteiger partial charge in [0.2, 0.25) is 0 Å². The fourth-order valence-electron chi connectivity index (χ4n) is 3.12. The molecule has 0 saturated carbocycles. The molecule has 0 aliphatic heterocycles. The zero-order valence-corrected chi connectivity index (χ0v) is 15.1. The quantitative estimate of drug-likeness (QED) is 0.519. The maximum absolute atomic E-state index is 11.9. The zero-order valence-electron chi connectivity index (χ0n) is 15.1. The van der Waals surface area contributed by atoms with E-state index in [0.717, 1.165) is 0 Å². The highest BCUT2D eigenvalue weighted by atomic mass is 16.1. The first kappa shape index (κ1) is 20.2. The molecule has 0 unspecified atom stereocenters. The van der Waals surface area contributed by atoms with E-state index in [1.165, 1.54) is 30.7 Å². The molecule has 9 heteroatoms. The second-order valence-electron chi connectivity index (χ2n) is 5.87. The van der Waals surface area contributed by atoms with Crippen LogP contribution in [0.3, 0.4) is 0 Å². The van der Waals surface area contributed by atoms with Crippen LogP contribution in [0.2, 0.25) is 0 Å². The van der Waals surface area contributed by atoms with Crippen LogP contribution in [0.5, 0.6) is 0 Å². The average molecular weight is 401 g/mol. The van der Waals surface area contributed by atoms with Crippen LogP contribution in [0.1, 0.15) is 62.5 Å². The van der Waals surface area contributed by atoms with Gasteiger partial charge in [-0.2, -0.15) is 0 Å². The van der Waals surface area contributed by atoms with Crippen LogP contribution in [0.15, 0.2) is 30.7 Å². The van der Waals surface area contributed by atoms with E-state index >= 15 is 0 Å². The number of carbonyl (C=O) groups excluding carboxylic acids is 6. The van der Waals surface area contributed by atoms with Gasteiger partial charge in [0.25, 0.3) is 0 Å². The van der Waals surface area contributed by atoms with Crippen molar-refractivity contribution in [1.82, 2.24) is 15.0 Å². The van der Waals surface area contributed by atoms with Gasteiger partial charge in [0.1, 0.15) is 17.1 Å². The Morgan fingerprint density at radius 2 is 0.967 bits per heavy atom. The highest BCUT2D eigenvalue weighted by Gasteiger charge is 2.23. The third kappa shape index (κ3) is 3.24. The van der Waals surface area contributed by atoms with Crippen LogP contribution in [-0.2, 0) is 0 Å². The summed E-state index contributed by atoms with van der Waals surface area (Å²) >= 11 is 0. The molecule has 3 aromatic heterocycles. The highest BCUT2D eigenvalue weighted by Crippen LogP contribution is 2.38. The molecule has 0 N–H and O–H groups in total. The Balaban J connectivity index is 2.54. The molecule has 0 aromatic carbocycles. The number of aldehydes is 6. The molecule has 3 heterocycles. The third-order valence-electron chi connectivity index (χ3n) is 4.44. The molecule has 0 aliphatic carbocycles. The van der Waals surface area contributed by atoms with Crippen molar-refractivity contribution in [1.29, 1.82) is 0 Å². The Morgan fingerprint density at radius 1 is 0.500 bits per heavy atom. The molecule has 3 rings (SSSR count). The molecule has 146 valence electrons. The van der Waals surface area contributed by atoms with Crippen LogP contribution >= 0.6 is 0 Å².